The first-order valence-corrected chi connectivity index (χ1v) is 6.66. The first kappa shape index (κ1) is 13.9. The third kappa shape index (κ3) is 2.73. The number of likely N-dealkylation sites (tertiary alicyclic amines) is 1. The van der Waals surface area contributed by atoms with E-state index in [0.29, 0.717) is 5.02 Å². The molecule has 19 heavy (non-hydrogen) atoms. The second kappa shape index (κ2) is 5.21. The van der Waals surface area contributed by atoms with Crippen LogP contribution in [0.15, 0.2) is 18.2 Å². The third-order valence-corrected chi connectivity index (χ3v) is 3.46. The Morgan fingerprint density at radius 1 is 1.37 bits per heavy atom. The van der Waals surface area contributed by atoms with E-state index < -0.39 is 6.04 Å². The van der Waals surface area contributed by atoms with Gasteiger partial charge in [-0.15, -0.1) is 0 Å². The number of nitrogens with zero attached hydrogens (tertiary/aromatic N) is 1. The number of hydrogen-bond acceptors (Lipinski definition) is 3. The Kier molecular flexibility index (Phi) is 3.80. The second-order valence-electron chi connectivity index (χ2n) is 5.06. The maximum Gasteiger partial charge on any atom is 0.252 e. The van der Waals surface area contributed by atoms with Gasteiger partial charge in [-0.1, -0.05) is 17.7 Å². The molecule has 0 spiro atoms. The molecule has 0 aromatic heterocycles. The molecule has 102 valence electrons. The zero-order valence-electron chi connectivity index (χ0n) is 11.2. The molecule has 1 atom stereocenters. The third-order valence-electron chi connectivity index (χ3n) is 3.23. The molecule has 2 amide bonds. The molecule has 1 aliphatic heterocycles. The summed E-state index contributed by atoms with van der Waals surface area (Å²) in [5, 5.41) is 3.72. The number of imide groups is 1. The van der Waals surface area contributed by atoms with Gasteiger partial charge < -0.3 is 5.32 Å². The Morgan fingerprint density at radius 3 is 2.63 bits per heavy atom. The van der Waals surface area contributed by atoms with Gasteiger partial charge in [0.1, 0.15) is 6.04 Å². The van der Waals surface area contributed by atoms with Crippen molar-refractivity contribution in [3.05, 3.63) is 28.8 Å². The van der Waals surface area contributed by atoms with E-state index in [1.807, 2.05) is 26.8 Å². The molecule has 0 saturated carbocycles. The minimum atomic E-state index is -0.493. The Hall–Kier alpha value is -1.55. The minimum Gasteiger partial charge on any atom is -0.373 e. The van der Waals surface area contributed by atoms with Crippen LogP contribution in [0.3, 0.4) is 0 Å². The van der Waals surface area contributed by atoms with Crippen molar-refractivity contribution >= 4 is 29.1 Å². The topological polar surface area (TPSA) is 49.4 Å². The molecule has 1 saturated heterocycles. The van der Waals surface area contributed by atoms with E-state index in [2.05, 4.69) is 5.32 Å². The van der Waals surface area contributed by atoms with Crippen molar-refractivity contribution in [2.24, 2.45) is 0 Å². The van der Waals surface area contributed by atoms with E-state index in [4.69, 9.17) is 11.6 Å². The summed E-state index contributed by atoms with van der Waals surface area (Å²) < 4.78 is 0. The Morgan fingerprint density at radius 2 is 2.05 bits per heavy atom. The highest BCUT2D eigenvalue weighted by Crippen LogP contribution is 2.25. The van der Waals surface area contributed by atoms with Gasteiger partial charge in [-0.3, -0.25) is 14.5 Å². The second-order valence-corrected chi connectivity index (χ2v) is 5.49. The van der Waals surface area contributed by atoms with Gasteiger partial charge in [0.2, 0.25) is 5.91 Å². The van der Waals surface area contributed by atoms with Crippen LogP contribution in [0.5, 0.6) is 0 Å². The molecule has 0 radical (unpaired) electrons. The maximum atomic E-state index is 12.2. The summed E-state index contributed by atoms with van der Waals surface area (Å²) >= 11 is 5.94. The molecular formula is C14H17ClN2O2. The molecule has 1 N–H and O–H groups in total. The number of rotatable bonds is 3. The van der Waals surface area contributed by atoms with Crippen molar-refractivity contribution in [2.75, 3.05) is 5.32 Å². The van der Waals surface area contributed by atoms with Crippen LogP contribution >= 0.6 is 11.6 Å². The molecule has 1 aromatic carbocycles. The van der Waals surface area contributed by atoms with E-state index >= 15 is 0 Å². The lowest BCUT2D eigenvalue weighted by Crippen LogP contribution is -2.39. The molecule has 5 heteroatoms. The Labute approximate surface area is 117 Å². The van der Waals surface area contributed by atoms with Gasteiger partial charge in [-0.25, -0.2) is 0 Å². The van der Waals surface area contributed by atoms with Gasteiger partial charge in [0.05, 0.1) is 6.42 Å². The maximum absolute atomic E-state index is 12.2. The van der Waals surface area contributed by atoms with Crippen molar-refractivity contribution < 1.29 is 9.59 Å². The van der Waals surface area contributed by atoms with Crippen LogP contribution in [0.1, 0.15) is 25.8 Å². The van der Waals surface area contributed by atoms with Crippen LogP contribution < -0.4 is 5.32 Å². The standard InChI is InChI=1S/C14H17ClN2O2/c1-8(2)17-13(18)7-12(14(17)19)16-11-6-10(15)5-4-9(11)3/h4-6,8,12,16H,7H2,1-3H3. The van der Waals surface area contributed by atoms with Crippen LogP contribution in [0, 0.1) is 6.92 Å². The summed E-state index contributed by atoms with van der Waals surface area (Å²) in [7, 11) is 0. The van der Waals surface area contributed by atoms with Crippen molar-refractivity contribution in [1.82, 2.24) is 4.90 Å². The SMILES string of the molecule is Cc1ccc(Cl)cc1NC1CC(=O)N(C(C)C)C1=O. The molecule has 0 bridgehead atoms. The number of carbonyl (C=O) groups excluding carboxylic acids is 2. The fourth-order valence-corrected chi connectivity index (χ4v) is 2.42. The van der Waals surface area contributed by atoms with Crippen molar-refractivity contribution in [3.63, 3.8) is 0 Å². The van der Waals surface area contributed by atoms with Crippen molar-refractivity contribution in [1.29, 1.82) is 0 Å². The van der Waals surface area contributed by atoms with Crippen LogP contribution in [-0.2, 0) is 9.59 Å². The average molecular weight is 281 g/mol. The lowest BCUT2D eigenvalue weighted by molar-refractivity contribution is -0.140. The van der Waals surface area contributed by atoms with Gasteiger partial charge in [0, 0.05) is 16.8 Å². The zero-order chi connectivity index (χ0) is 14.2. The molecule has 1 aromatic rings. The van der Waals surface area contributed by atoms with E-state index in [1.54, 1.807) is 12.1 Å². The number of benzene rings is 1. The predicted molar refractivity (Wildman–Crippen MR) is 75.2 cm³/mol. The number of carbonyl (C=O) groups is 2. The van der Waals surface area contributed by atoms with E-state index in [-0.39, 0.29) is 24.3 Å². The predicted octanol–water partition coefficient (Wildman–Crippen LogP) is 2.60. The fraction of sp³-hybridized carbons (Fsp3) is 0.429. The van der Waals surface area contributed by atoms with Crippen LogP contribution in [0.4, 0.5) is 5.69 Å². The summed E-state index contributed by atoms with van der Waals surface area (Å²) in [5.41, 5.74) is 1.79. The molecule has 4 nitrogen and oxygen atoms in total. The summed E-state index contributed by atoms with van der Waals surface area (Å²) in [5.74, 6) is -0.295. The number of hydrogen-bond donors (Lipinski definition) is 1. The van der Waals surface area contributed by atoms with Crippen LogP contribution in [0.25, 0.3) is 0 Å². The van der Waals surface area contributed by atoms with Crippen LogP contribution in [0.2, 0.25) is 5.02 Å². The van der Waals surface area contributed by atoms with E-state index in [9.17, 15) is 9.59 Å². The summed E-state index contributed by atoms with van der Waals surface area (Å²) in [4.78, 5) is 25.3. The molecule has 1 aliphatic rings. The number of aryl methyl sites for hydroxylation is 1. The van der Waals surface area contributed by atoms with Crippen LogP contribution in [-0.4, -0.2) is 28.8 Å². The number of amides is 2. The monoisotopic (exact) mass is 280 g/mol. The number of nitrogens with one attached hydrogen (secondary N) is 1. The Bertz CT molecular complexity index is 528. The molecule has 1 fully saturated rings. The largest absolute Gasteiger partial charge is 0.373 e. The average Bonchev–Trinajstić information content (AvgIpc) is 2.59. The lowest BCUT2D eigenvalue weighted by atomic mass is 10.1. The molecule has 1 unspecified atom stereocenters. The highest BCUT2D eigenvalue weighted by atomic mass is 35.5. The minimum absolute atomic E-state index is 0.104. The van der Waals surface area contributed by atoms with Gasteiger partial charge in [0.25, 0.3) is 5.91 Å². The van der Waals surface area contributed by atoms with Gasteiger partial charge in [0.15, 0.2) is 0 Å². The fourth-order valence-electron chi connectivity index (χ4n) is 2.24. The van der Waals surface area contributed by atoms with E-state index in [1.165, 1.54) is 4.90 Å². The van der Waals surface area contributed by atoms with E-state index in [0.717, 1.165) is 11.3 Å². The highest BCUT2D eigenvalue weighted by molar-refractivity contribution is 6.30. The van der Waals surface area contributed by atoms with Gasteiger partial charge in [-0.2, -0.15) is 0 Å². The van der Waals surface area contributed by atoms with Gasteiger partial charge >= 0.3 is 0 Å². The summed E-state index contributed by atoms with van der Waals surface area (Å²) in [6, 6.07) is 4.85. The summed E-state index contributed by atoms with van der Waals surface area (Å²) in [6.45, 7) is 5.60. The molecule has 2 rings (SSSR count). The zero-order valence-corrected chi connectivity index (χ0v) is 12.0. The molecular weight excluding hydrogens is 264 g/mol. The quantitative estimate of drug-likeness (QED) is 0.866. The van der Waals surface area contributed by atoms with Crippen molar-refractivity contribution in [2.45, 2.75) is 39.3 Å². The first-order chi connectivity index (χ1) is 8.90. The number of anilines is 1. The smallest absolute Gasteiger partial charge is 0.252 e. The molecule has 0 aliphatic carbocycles. The Balaban J connectivity index is 2.19. The lowest BCUT2D eigenvalue weighted by Gasteiger charge is -2.20. The highest BCUT2D eigenvalue weighted by Gasteiger charge is 2.39. The summed E-state index contributed by atoms with van der Waals surface area (Å²) in [6.07, 6.45) is 0.197. The molecule has 1 heterocycles. The van der Waals surface area contributed by atoms with Gasteiger partial charge in [-0.05, 0) is 38.5 Å². The van der Waals surface area contributed by atoms with Crippen molar-refractivity contribution in [3.8, 4) is 0 Å². The first-order valence-electron chi connectivity index (χ1n) is 6.28. The number of halogens is 1. The normalized spacial score (nSPS) is 19.4.